The standard InChI is InChI=1S/C11H21N3O3/c1-11(2)6-7(3-4-17-11)14-10(16)8(12)5-9(13)15/h7-8H,3-6,12H2,1-2H3,(H2,13,15)(H,14,16). The van der Waals surface area contributed by atoms with E-state index in [2.05, 4.69) is 5.32 Å². The molecule has 5 N–H and O–H groups in total. The Morgan fingerprint density at radius 2 is 2.18 bits per heavy atom. The van der Waals surface area contributed by atoms with Gasteiger partial charge in [0.2, 0.25) is 11.8 Å². The van der Waals surface area contributed by atoms with Crippen molar-refractivity contribution in [3.05, 3.63) is 0 Å². The number of nitrogens with one attached hydrogen (secondary N) is 1. The van der Waals surface area contributed by atoms with Crippen LogP contribution in [0, 0.1) is 0 Å². The van der Waals surface area contributed by atoms with E-state index in [1.165, 1.54) is 0 Å². The molecule has 6 nitrogen and oxygen atoms in total. The van der Waals surface area contributed by atoms with E-state index in [0.29, 0.717) is 6.61 Å². The van der Waals surface area contributed by atoms with Crippen LogP contribution in [0.4, 0.5) is 0 Å². The van der Waals surface area contributed by atoms with Gasteiger partial charge in [0.15, 0.2) is 0 Å². The minimum absolute atomic E-state index is 0.0465. The van der Waals surface area contributed by atoms with Crippen LogP contribution in [0.5, 0.6) is 0 Å². The van der Waals surface area contributed by atoms with Gasteiger partial charge in [0.1, 0.15) is 0 Å². The summed E-state index contributed by atoms with van der Waals surface area (Å²) in [6.07, 6.45) is 1.37. The molecule has 1 aliphatic heterocycles. The lowest BCUT2D eigenvalue weighted by Crippen LogP contribution is -2.51. The van der Waals surface area contributed by atoms with Crippen LogP contribution in [0.3, 0.4) is 0 Å². The second-order valence-electron chi connectivity index (χ2n) is 5.08. The molecule has 0 aliphatic carbocycles. The van der Waals surface area contributed by atoms with Crippen molar-refractivity contribution in [1.82, 2.24) is 5.32 Å². The summed E-state index contributed by atoms with van der Waals surface area (Å²) in [7, 11) is 0. The summed E-state index contributed by atoms with van der Waals surface area (Å²) in [4.78, 5) is 22.3. The highest BCUT2D eigenvalue weighted by atomic mass is 16.5. The number of amides is 2. The average Bonchev–Trinajstić information content (AvgIpc) is 2.14. The molecule has 0 aromatic carbocycles. The molecule has 2 unspecified atom stereocenters. The normalized spacial score (nSPS) is 25.0. The summed E-state index contributed by atoms with van der Waals surface area (Å²) in [6, 6.07) is -0.816. The predicted octanol–water partition coefficient (Wildman–Crippen LogP) is -0.737. The highest BCUT2D eigenvalue weighted by Gasteiger charge is 2.30. The lowest BCUT2D eigenvalue weighted by Gasteiger charge is -2.36. The van der Waals surface area contributed by atoms with Gasteiger partial charge in [0.05, 0.1) is 18.1 Å². The van der Waals surface area contributed by atoms with Crippen molar-refractivity contribution in [2.75, 3.05) is 6.61 Å². The van der Waals surface area contributed by atoms with Crippen molar-refractivity contribution >= 4 is 11.8 Å². The third-order valence-corrected chi connectivity index (χ3v) is 2.80. The molecule has 1 saturated heterocycles. The van der Waals surface area contributed by atoms with E-state index in [0.717, 1.165) is 12.8 Å². The topological polar surface area (TPSA) is 107 Å². The molecular formula is C11H21N3O3. The summed E-state index contributed by atoms with van der Waals surface area (Å²) in [6.45, 7) is 4.58. The monoisotopic (exact) mass is 243 g/mol. The number of ether oxygens (including phenoxy) is 1. The summed E-state index contributed by atoms with van der Waals surface area (Å²) in [5.74, 6) is -0.897. The van der Waals surface area contributed by atoms with Gasteiger partial charge in [-0.05, 0) is 26.7 Å². The zero-order chi connectivity index (χ0) is 13.1. The molecule has 98 valence electrons. The second kappa shape index (κ2) is 5.46. The Hall–Kier alpha value is -1.14. The fraction of sp³-hybridized carbons (Fsp3) is 0.818. The molecule has 0 spiro atoms. The molecule has 0 radical (unpaired) electrons. The van der Waals surface area contributed by atoms with Gasteiger partial charge < -0.3 is 21.5 Å². The third kappa shape index (κ3) is 4.70. The van der Waals surface area contributed by atoms with Crippen LogP contribution < -0.4 is 16.8 Å². The molecule has 0 bridgehead atoms. The van der Waals surface area contributed by atoms with E-state index in [1.807, 2.05) is 13.8 Å². The summed E-state index contributed by atoms with van der Waals surface area (Å²) < 4.78 is 5.55. The molecule has 17 heavy (non-hydrogen) atoms. The molecule has 2 atom stereocenters. The van der Waals surface area contributed by atoms with Crippen LogP contribution in [0.25, 0.3) is 0 Å². The van der Waals surface area contributed by atoms with Gasteiger partial charge >= 0.3 is 0 Å². The smallest absolute Gasteiger partial charge is 0.237 e. The van der Waals surface area contributed by atoms with Gasteiger partial charge in [0.25, 0.3) is 0 Å². The zero-order valence-corrected chi connectivity index (χ0v) is 10.4. The first-order valence-corrected chi connectivity index (χ1v) is 5.78. The highest BCUT2D eigenvalue weighted by molar-refractivity contribution is 5.87. The van der Waals surface area contributed by atoms with E-state index >= 15 is 0 Å². The van der Waals surface area contributed by atoms with E-state index in [9.17, 15) is 9.59 Å². The van der Waals surface area contributed by atoms with Crippen LogP contribution in [-0.4, -0.2) is 36.1 Å². The molecule has 0 saturated carbocycles. The third-order valence-electron chi connectivity index (χ3n) is 2.80. The maximum atomic E-state index is 11.7. The Labute approximate surface area is 101 Å². The SMILES string of the molecule is CC1(C)CC(NC(=O)C(N)CC(N)=O)CCO1. The van der Waals surface area contributed by atoms with Gasteiger partial charge in [-0.2, -0.15) is 0 Å². The Kier molecular flexibility index (Phi) is 4.47. The first-order valence-electron chi connectivity index (χ1n) is 5.78. The Balaban J connectivity index is 2.43. The Morgan fingerprint density at radius 3 is 2.71 bits per heavy atom. The lowest BCUT2D eigenvalue weighted by molar-refractivity contribution is -0.128. The van der Waals surface area contributed by atoms with Gasteiger partial charge in [-0.25, -0.2) is 0 Å². The molecule has 1 fully saturated rings. The van der Waals surface area contributed by atoms with Crippen LogP contribution in [0.15, 0.2) is 0 Å². The maximum absolute atomic E-state index is 11.7. The van der Waals surface area contributed by atoms with Crippen LogP contribution in [0.1, 0.15) is 33.1 Å². The summed E-state index contributed by atoms with van der Waals surface area (Å²) in [5, 5.41) is 2.83. The zero-order valence-electron chi connectivity index (χ0n) is 10.4. The Bertz CT molecular complexity index is 304. The van der Waals surface area contributed by atoms with E-state index < -0.39 is 11.9 Å². The van der Waals surface area contributed by atoms with E-state index in [-0.39, 0.29) is 24.0 Å². The van der Waals surface area contributed by atoms with Gasteiger partial charge in [-0.3, -0.25) is 9.59 Å². The minimum atomic E-state index is -0.863. The van der Waals surface area contributed by atoms with Crippen molar-refractivity contribution in [3.63, 3.8) is 0 Å². The molecule has 1 heterocycles. The molecule has 1 rings (SSSR count). The first-order chi connectivity index (χ1) is 7.80. The first kappa shape index (κ1) is 13.9. The summed E-state index contributed by atoms with van der Waals surface area (Å²) in [5.41, 5.74) is 10.3. The van der Waals surface area contributed by atoms with E-state index in [4.69, 9.17) is 16.2 Å². The molecule has 0 aromatic rings. The van der Waals surface area contributed by atoms with Gasteiger partial charge in [-0.15, -0.1) is 0 Å². The van der Waals surface area contributed by atoms with Crippen molar-refractivity contribution in [1.29, 1.82) is 0 Å². The minimum Gasteiger partial charge on any atom is -0.375 e. The van der Waals surface area contributed by atoms with Crippen molar-refractivity contribution in [3.8, 4) is 0 Å². The molecule has 6 heteroatoms. The highest BCUT2D eigenvalue weighted by Crippen LogP contribution is 2.23. The van der Waals surface area contributed by atoms with Crippen LogP contribution in [-0.2, 0) is 14.3 Å². The number of primary amides is 1. The average molecular weight is 243 g/mol. The van der Waals surface area contributed by atoms with Gasteiger partial charge in [0, 0.05) is 12.6 Å². The number of rotatable bonds is 4. The van der Waals surface area contributed by atoms with Gasteiger partial charge in [-0.1, -0.05) is 0 Å². The van der Waals surface area contributed by atoms with Crippen LogP contribution in [0.2, 0.25) is 0 Å². The van der Waals surface area contributed by atoms with Crippen LogP contribution >= 0.6 is 0 Å². The predicted molar refractivity (Wildman–Crippen MR) is 63.0 cm³/mol. The molecule has 0 aromatic heterocycles. The number of carbonyl (C=O) groups excluding carboxylic acids is 2. The fourth-order valence-electron chi connectivity index (χ4n) is 1.97. The Morgan fingerprint density at radius 1 is 1.53 bits per heavy atom. The van der Waals surface area contributed by atoms with E-state index in [1.54, 1.807) is 0 Å². The fourth-order valence-corrected chi connectivity index (χ4v) is 1.97. The summed E-state index contributed by atoms with van der Waals surface area (Å²) >= 11 is 0. The van der Waals surface area contributed by atoms with Crippen molar-refractivity contribution < 1.29 is 14.3 Å². The largest absolute Gasteiger partial charge is 0.375 e. The number of hydrogen-bond acceptors (Lipinski definition) is 4. The maximum Gasteiger partial charge on any atom is 0.237 e. The van der Waals surface area contributed by atoms with Crippen molar-refractivity contribution in [2.24, 2.45) is 11.5 Å². The number of hydrogen-bond donors (Lipinski definition) is 3. The molecule has 2 amide bonds. The number of nitrogens with two attached hydrogens (primary N) is 2. The molecule has 1 aliphatic rings. The molecular weight excluding hydrogens is 222 g/mol. The quantitative estimate of drug-likeness (QED) is 0.604. The lowest BCUT2D eigenvalue weighted by atomic mass is 9.93. The number of carbonyl (C=O) groups is 2. The van der Waals surface area contributed by atoms with Crippen molar-refractivity contribution in [2.45, 2.75) is 50.8 Å². The second-order valence-corrected chi connectivity index (χ2v) is 5.08.